The largest absolute Gasteiger partial charge is 0.481 e. The summed E-state index contributed by atoms with van der Waals surface area (Å²) in [6, 6.07) is 1.36. The molecule has 0 saturated carbocycles. The summed E-state index contributed by atoms with van der Waals surface area (Å²) in [5, 5.41) is 84.0. The zero-order valence-electron chi connectivity index (χ0n) is 77.3. The number of H-pyrrole nitrogens is 1. The van der Waals surface area contributed by atoms with Crippen molar-refractivity contribution in [3.8, 4) is 0 Å². The number of nitrogens with one attached hydrogen (secondary N) is 15. The summed E-state index contributed by atoms with van der Waals surface area (Å²) in [7, 11) is 0. The highest BCUT2D eigenvalue weighted by atomic mass is 35.5. The quantitative estimate of drug-likeness (QED) is 0.00724. The van der Waals surface area contributed by atoms with Crippen LogP contribution < -0.4 is 90.8 Å². The number of rotatable bonds is 41. The molecule has 4 unspecified atom stereocenters. The molecule has 2 fully saturated rings. The number of anilines is 2. The topological polar surface area (TPSA) is 712 Å². The van der Waals surface area contributed by atoms with Crippen molar-refractivity contribution >= 4 is 176 Å². The zero-order valence-corrected chi connectivity index (χ0v) is 78.8. The van der Waals surface area contributed by atoms with Crippen molar-refractivity contribution in [2.75, 3.05) is 63.1 Å². The number of hydrogen-bond donors (Lipinski definition) is 22. The van der Waals surface area contributed by atoms with E-state index in [9.17, 15) is 112 Å². The number of ether oxygens (including phenoxy) is 1. The van der Waals surface area contributed by atoms with Crippen molar-refractivity contribution < 1.29 is 131 Å². The first-order valence-corrected chi connectivity index (χ1v) is 46.0. The van der Waals surface area contributed by atoms with Gasteiger partial charge in [0.2, 0.25) is 88.6 Å². The van der Waals surface area contributed by atoms with Gasteiger partial charge in [-0.15, -0.1) is 0 Å². The molecule has 1 aromatic heterocycles. The Morgan fingerprint density at radius 3 is 1.77 bits per heavy atom. The number of carboxylic acid groups (broad SMARTS) is 4. The van der Waals surface area contributed by atoms with E-state index < -0.39 is 261 Å². The lowest BCUT2D eigenvalue weighted by atomic mass is 9.96. The number of halogens is 2. The molecule has 4 aromatic carbocycles. The number of unbranched alkanes of at least 4 members (excludes halogenated alkanes) is 6. The van der Waals surface area contributed by atoms with Gasteiger partial charge in [-0.3, -0.25) is 95.9 Å². The van der Waals surface area contributed by atoms with E-state index in [2.05, 4.69) is 80.6 Å². The van der Waals surface area contributed by atoms with Crippen molar-refractivity contribution in [1.82, 2.24) is 84.3 Å². The van der Waals surface area contributed by atoms with E-state index in [0.29, 0.717) is 76.7 Å². The Morgan fingerprint density at radius 1 is 0.564 bits per heavy atom. The minimum atomic E-state index is -2.49. The third kappa shape index (κ3) is 37.0. The Kier molecular flexibility index (Phi) is 45.1. The van der Waals surface area contributed by atoms with E-state index in [1.807, 2.05) is 16.7 Å². The number of amides is 15. The van der Waals surface area contributed by atoms with E-state index in [-0.39, 0.29) is 49.5 Å². The van der Waals surface area contributed by atoms with E-state index in [4.69, 9.17) is 39.4 Å². The standard InChI is InChI=1S/C92H119Cl2N19O27/c1-5-6-7-8-9-10-11-22-72(117)103-63(37-54-45-98-61-20-15-13-17-56(54)61)86(133)106-64(40-71(96)116)87(134)108-67(43-79(127)128)88(135)111-81-51(4)140-92(139)68(39-70(115)57-18-12-14-19-60(57)95)109-91(138)80(49(2)36-76(121)122)110-89(136)69(48-114)104-74(119)46-99-83(130)65(41-77(123)124)105-82(129)50(3)101-85(132)66(42-78(125)126)107-84(131)62(102-73(118)47-100-90(81)137)21-16-31-97-44-53-25-23-52(24-26-53)27-30-75(120)113-34-32-112(33-35-113)55-28-29-58(93)59(94)38-55/h12-15,17-20,23-30,38,45,49-51,62-69,80-81,97-98,114H,5-11,16,21-22,31-37,39-44,46-48,95H2,1-4H3,(H2,96,116)(H,99,130)(H,100,137)(H,101,132)(H,102,118)(H,103,117)(H,104,119)(H,105,129)(H,106,133)(H,107,131)(H,108,134)(H,109,138)(H,110,136)(H,111,135)(H,121,122)(H,123,124)(H,125,126)(H,127,128)/b30-27-/t49-,50-,51?,62+,63+,64+,65+,66?,67+,68+,69-,80?,81?/m1/s1. The van der Waals surface area contributed by atoms with Crippen LogP contribution in [0.15, 0.2) is 103 Å². The first-order chi connectivity index (χ1) is 66.5. The SMILES string of the molecule is CCCCCCCCCC(=O)N[C@@H](Cc1c[nH]c2ccccc12)C(=O)N[C@@H](CC(N)=O)C(=O)N[C@@H](CC(=O)O)C(=O)NC1C(=O)NCC(=O)N[C@@H](CCCNCc2ccc(/C=C\C(=O)N3CCN(c4ccc(Cl)c(Cl)c4)CC3)cc2)C(=O)NC(CC(=O)O)C(=O)N[C@H](C)C(=O)N[C@@H](CC(=O)O)C(=O)NCC(=O)N[C@H](CO)C(=O)NC([C@H](C)CC(=O)O)C(=O)N[C@@H](CC(=O)c2ccccc2N)C(=O)OC1C. The number of carboxylic acids is 4. The first-order valence-electron chi connectivity index (χ1n) is 45.2. The summed E-state index contributed by atoms with van der Waals surface area (Å²) in [6.07, 6.45) is 0.500. The molecular weight excluding hydrogens is 1870 g/mol. The molecular formula is C92H119Cl2N19O27. The van der Waals surface area contributed by atoms with Gasteiger partial charge in [-0.25, -0.2) is 4.79 Å². The summed E-state index contributed by atoms with van der Waals surface area (Å²) < 4.78 is 5.77. The van der Waals surface area contributed by atoms with Gasteiger partial charge in [0.15, 0.2) is 5.78 Å². The van der Waals surface area contributed by atoms with Crippen LogP contribution in [0.2, 0.25) is 10.0 Å². The van der Waals surface area contributed by atoms with Gasteiger partial charge in [-0.2, -0.15) is 0 Å². The van der Waals surface area contributed by atoms with Crippen molar-refractivity contribution in [2.45, 2.75) is 216 Å². The third-order valence-corrected chi connectivity index (χ3v) is 23.3. The number of hydrogen-bond acceptors (Lipinski definition) is 26. The summed E-state index contributed by atoms with van der Waals surface area (Å²) in [4.78, 5) is 298. The number of nitrogens with two attached hydrogens (primary N) is 2. The highest BCUT2D eigenvalue weighted by Gasteiger charge is 2.42. The van der Waals surface area contributed by atoms with Crippen molar-refractivity contribution in [1.29, 1.82) is 0 Å². The number of aromatic nitrogens is 1. The number of aliphatic hydroxyl groups is 1. The molecule has 2 aliphatic heterocycles. The predicted octanol–water partition coefficient (Wildman–Crippen LogP) is -1.12. The maximum atomic E-state index is 15.1. The van der Waals surface area contributed by atoms with Gasteiger partial charge in [0, 0.05) is 92.1 Å². The molecule has 5 aromatic rings. The van der Waals surface area contributed by atoms with Crippen LogP contribution in [0.25, 0.3) is 17.0 Å². The Morgan fingerprint density at radius 2 is 1.14 bits per heavy atom. The molecule has 46 nitrogen and oxygen atoms in total. The van der Waals surface area contributed by atoms with Crippen LogP contribution in [0.5, 0.6) is 0 Å². The fraction of sp³-hybridized carbons (Fsp3) is 0.467. The lowest BCUT2D eigenvalue weighted by Gasteiger charge is -2.35. The van der Waals surface area contributed by atoms with E-state index in [0.717, 1.165) is 58.6 Å². The Bertz CT molecular complexity index is 5340. The molecule has 2 aliphatic rings. The average Bonchev–Trinajstić information content (AvgIpc) is 1.72. The number of primary amides is 1. The van der Waals surface area contributed by atoms with Crippen LogP contribution in [0.4, 0.5) is 11.4 Å². The Balaban J connectivity index is 1.24. The highest BCUT2D eigenvalue weighted by Crippen LogP contribution is 2.29. The van der Waals surface area contributed by atoms with Crippen LogP contribution in [0.1, 0.15) is 157 Å². The molecule has 48 heteroatoms. The number of ketones is 1. The van der Waals surface area contributed by atoms with E-state index >= 15 is 14.4 Å². The molecule has 758 valence electrons. The molecule has 0 spiro atoms. The molecule has 7 rings (SSSR count). The predicted molar refractivity (Wildman–Crippen MR) is 504 cm³/mol. The monoisotopic (exact) mass is 1990 g/mol. The Labute approximate surface area is 813 Å². The number of fused-ring (bicyclic) bond motifs is 1. The Hall–Kier alpha value is -14.7. The molecule has 3 heterocycles. The van der Waals surface area contributed by atoms with E-state index in [1.165, 1.54) is 30.3 Å². The average molecular weight is 1990 g/mol. The third-order valence-electron chi connectivity index (χ3n) is 22.6. The van der Waals surface area contributed by atoms with Crippen molar-refractivity contribution in [3.05, 3.63) is 136 Å². The van der Waals surface area contributed by atoms with Gasteiger partial charge in [0.25, 0.3) is 0 Å². The second-order valence-corrected chi connectivity index (χ2v) is 34.4. The summed E-state index contributed by atoms with van der Waals surface area (Å²) >= 11 is 12.4. The summed E-state index contributed by atoms with van der Waals surface area (Å²) in [5.41, 5.74) is 14.7. The van der Waals surface area contributed by atoms with Gasteiger partial charge in [-0.05, 0) is 105 Å². The van der Waals surface area contributed by atoms with Crippen LogP contribution >= 0.6 is 23.2 Å². The minimum Gasteiger partial charge on any atom is -0.481 e. The fourth-order valence-corrected chi connectivity index (χ4v) is 15.3. The number of piperazine rings is 1. The number of benzene rings is 4. The number of carbonyl (C=O) groups is 21. The van der Waals surface area contributed by atoms with Crippen LogP contribution in [-0.2, 0) is 114 Å². The van der Waals surface area contributed by atoms with Gasteiger partial charge < -0.3 is 131 Å². The number of aliphatic carboxylic acids is 4. The van der Waals surface area contributed by atoms with Crippen LogP contribution in [-0.4, -0.2) is 285 Å². The minimum absolute atomic E-state index is 0.0304. The summed E-state index contributed by atoms with van der Waals surface area (Å²) in [5.74, 6) is -30.2. The maximum absolute atomic E-state index is 15.1. The van der Waals surface area contributed by atoms with Gasteiger partial charge in [0.05, 0.1) is 61.8 Å². The molecule has 13 atom stereocenters. The molecule has 24 N–H and O–H groups in total. The van der Waals surface area contributed by atoms with E-state index in [1.54, 1.807) is 77.8 Å². The van der Waals surface area contributed by atoms with Gasteiger partial charge in [0.1, 0.15) is 72.6 Å². The number of cyclic esters (lactones) is 1. The fourth-order valence-electron chi connectivity index (χ4n) is 15.0. The zero-order chi connectivity index (χ0) is 103. The molecule has 15 amide bonds. The van der Waals surface area contributed by atoms with Crippen molar-refractivity contribution in [3.63, 3.8) is 0 Å². The van der Waals surface area contributed by atoms with Crippen molar-refractivity contribution in [2.24, 2.45) is 11.7 Å². The number of nitrogens with zero attached hydrogens (tertiary/aromatic N) is 2. The number of para-hydroxylation sites is 2. The smallest absolute Gasteiger partial charge is 0.329 e. The van der Waals surface area contributed by atoms with Gasteiger partial charge in [-0.1, -0.05) is 130 Å². The molecule has 0 radical (unpaired) electrons. The number of Topliss-reactive ketones (excluding diaryl/α,β-unsaturated/α-hetero) is 1. The lowest BCUT2D eigenvalue weighted by Crippen LogP contribution is -2.62. The maximum Gasteiger partial charge on any atom is 0.329 e. The molecule has 140 heavy (non-hydrogen) atoms. The normalized spacial score (nSPS) is 20.2. The number of nitrogen functional groups attached to an aromatic ring is 1. The molecule has 2 saturated heterocycles. The molecule has 0 bridgehead atoms. The summed E-state index contributed by atoms with van der Waals surface area (Å²) in [6.45, 7) is 3.36. The number of aromatic amines is 1. The lowest BCUT2D eigenvalue weighted by molar-refractivity contribution is -0.156. The van der Waals surface area contributed by atoms with Gasteiger partial charge >= 0.3 is 29.8 Å². The van der Waals surface area contributed by atoms with Crippen LogP contribution in [0.3, 0.4) is 0 Å². The first kappa shape index (κ1) is 112. The molecule has 0 aliphatic carbocycles. The number of carbonyl (C=O) groups excluding carboxylic acids is 17. The van der Waals surface area contributed by atoms with Crippen LogP contribution in [0, 0.1) is 5.92 Å². The number of aliphatic hydroxyl groups excluding tert-OH is 1. The second-order valence-electron chi connectivity index (χ2n) is 33.6. The highest BCUT2D eigenvalue weighted by molar-refractivity contribution is 6.42. The second kappa shape index (κ2) is 56.3. The number of esters is 1.